The second kappa shape index (κ2) is 4.89. The van der Waals surface area contributed by atoms with Crippen molar-refractivity contribution in [2.45, 2.75) is 26.8 Å². The van der Waals surface area contributed by atoms with E-state index in [-0.39, 0.29) is 0 Å². The van der Waals surface area contributed by atoms with Gasteiger partial charge in [-0.2, -0.15) is 0 Å². The molecule has 0 rings (SSSR count). The fourth-order valence-electron chi connectivity index (χ4n) is 0.737. The van der Waals surface area contributed by atoms with Crippen molar-refractivity contribution < 1.29 is 0 Å². The first kappa shape index (κ1) is 10.2. The number of aliphatic imine (C=N–C) groups is 1. The van der Waals surface area contributed by atoms with Crippen LogP contribution >= 0.6 is 0 Å². The fraction of sp³-hybridized carbons (Fsp3) is 0.500. The molecule has 0 heterocycles. The van der Waals surface area contributed by atoms with Crippen LogP contribution in [-0.4, -0.2) is 12.3 Å². The molecule has 0 aromatic rings. The summed E-state index contributed by atoms with van der Waals surface area (Å²) < 4.78 is 0. The summed E-state index contributed by atoms with van der Waals surface area (Å²) in [5.74, 6) is 0.450. The number of nitrogens with zero attached hydrogens (tertiary/aromatic N) is 1. The molecule has 0 bridgehead atoms. The highest BCUT2D eigenvalue weighted by Gasteiger charge is 2.09. The molecule has 0 aliphatic carbocycles. The average molecular weight is 151 g/mol. The highest BCUT2D eigenvalue weighted by Crippen LogP contribution is 2.14. The molecule has 1 nitrogen and oxygen atoms in total. The van der Waals surface area contributed by atoms with Crippen molar-refractivity contribution >= 4 is 6.21 Å². The van der Waals surface area contributed by atoms with Gasteiger partial charge in [-0.3, -0.25) is 4.99 Å². The van der Waals surface area contributed by atoms with Crippen molar-refractivity contribution in [3.8, 4) is 0 Å². The summed E-state index contributed by atoms with van der Waals surface area (Å²) in [6.07, 6.45) is 3.44. The van der Waals surface area contributed by atoms with Crippen LogP contribution in [0.1, 0.15) is 20.8 Å². The fourth-order valence-corrected chi connectivity index (χ4v) is 0.737. The van der Waals surface area contributed by atoms with Crippen molar-refractivity contribution in [2.24, 2.45) is 10.9 Å². The molecule has 2 atom stereocenters. The third-order valence-corrected chi connectivity index (χ3v) is 1.93. The second-order valence-electron chi connectivity index (χ2n) is 2.91. The third kappa shape index (κ3) is 3.76. The second-order valence-corrected chi connectivity index (χ2v) is 2.91. The topological polar surface area (TPSA) is 12.4 Å². The smallest absolute Gasteiger partial charge is 0.0533 e. The Labute approximate surface area is 69.5 Å². The molecule has 0 saturated carbocycles. The molecule has 0 amide bonds. The molecular formula is C10H17N. The van der Waals surface area contributed by atoms with E-state index < -0.39 is 0 Å². The van der Waals surface area contributed by atoms with E-state index in [1.165, 1.54) is 5.57 Å². The van der Waals surface area contributed by atoms with Crippen LogP contribution in [0.25, 0.3) is 0 Å². The van der Waals surface area contributed by atoms with Crippen molar-refractivity contribution in [1.29, 1.82) is 0 Å². The molecule has 0 radical (unpaired) electrons. The van der Waals surface area contributed by atoms with Crippen LogP contribution in [0.4, 0.5) is 0 Å². The monoisotopic (exact) mass is 151 g/mol. The van der Waals surface area contributed by atoms with Gasteiger partial charge in [0, 0.05) is 6.21 Å². The summed E-state index contributed by atoms with van der Waals surface area (Å²) in [5, 5.41) is 0. The molecule has 0 saturated heterocycles. The van der Waals surface area contributed by atoms with E-state index in [4.69, 9.17) is 0 Å². The first-order valence-corrected chi connectivity index (χ1v) is 3.89. The van der Waals surface area contributed by atoms with Gasteiger partial charge in [0.2, 0.25) is 0 Å². The normalized spacial score (nSPS) is 16.3. The first-order chi connectivity index (χ1) is 5.09. The Kier molecular flexibility index (Phi) is 4.51. The molecule has 0 aliphatic rings. The van der Waals surface area contributed by atoms with Gasteiger partial charge in [0.1, 0.15) is 0 Å². The van der Waals surface area contributed by atoms with E-state index in [1.807, 2.05) is 6.92 Å². The van der Waals surface area contributed by atoms with E-state index in [0.717, 1.165) is 0 Å². The summed E-state index contributed by atoms with van der Waals surface area (Å²) in [5.41, 5.74) is 1.18. The minimum atomic E-state index is 0.311. The number of rotatable bonds is 4. The maximum Gasteiger partial charge on any atom is 0.0533 e. The number of allylic oxidation sites excluding steroid dienone is 1. The van der Waals surface area contributed by atoms with E-state index in [0.29, 0.717) is 12.0 Å². The largest absolute Gasteiger partial charge is 0.290 e. The predicted octanol–water partition coefficient (Wildman–Crippen LogP) is 2.84. The number of hydrogen-bond acceptors (Lipinski definition) is 1. The average Bonchev–Trinajstić information content (AvgIpc) is 1.98. The summed E-state index contributed by atoms with van der Waals surface area (Å²) in [4.78, 5) is 4.26. The lowest BCUT2D eigenvalue weighted by Crippen LogP contribution is -2.12. The Hall–Kier alpha value is -0.850. The molecular weight excluding hydrogens is 134 g/mol. The molecule has 1 heteroatoms. The molecule has 0 aromatic carbocycles. The standard InChI is InChI=1S/C10H17N/c1-6-7-11-10(5)9(4)8(2)3/h6-7,9-10H,1-2H2,3-5H3/b11-7-/t9-,10?/m0/s1. The van der Waals surface area contributed by atoms with Crippen LogP contribution in [0.2, 0.25) is 0 Å². The zero-order chi connectivity index (χ0) is 8.85. The van der Waals surface area contributed by atoms with Crippen LogP contribution in [0.15, 0.2) is 29.8 Å². The Bertz CT molecular complexity index is 168. The summed E-state index contributed by atoms with van der Waals surface area (Å²) in [6.45, 7) is 13.7. The molecule has 0 N–H and O–H groups in total. The summed E-state index contributed by atoms with van der Waals surface area (Å²) in [6, 6.07) is 0.311. The van der Waals surface area contributed by atoms with Crippen LogP contribution < -0.4 is 0 Å². The zero-order valence-electron chi connectivity index (χ0n) is 7.67. The predicted molar refractivity (Wildman–Crippen MR) is 52.1 cm³/mol. The van der Waals surface area contributed by atoms with E-state index >= 15 is 0 Å². The molecule has 11 heavy (non-hydrogen) atoms. The lowest BCUT2D eigenvalue weighted by atomic mass is 9.97. The molecule has 0 aliphatic heterocycles. The van der Waals surface area contributed by atoms with Crippen molar-refractivity contribution in [3.63, 3.8) is 0 Å². The van der Waals surface area contributed by atoms with E-state index in [2.05, 4.69) is 32.0 Å². The van der Waals surface area contributed by atoms with E-state index in [9.17, 15) is 0 Å². The van der Waals surface area contributed by atoms with Crippen LogP contribution in [0.3, 0.4) is 0 Å². The maximum absolute atomic E-state index is 4.26. The summed E-state index contributed by atoms with van der Waals surface area (Å²) >= 11 is 0. The minimum Gasteiger partial charge on any atom is -0.290 e. The van der Waals surface area contributed by atoms with Crippen molar-refractivity contribution in [2.75, 3.05) is 0 Å². The number of hydrogen-bond donors (Lipinski definition) is 0. The van der Waals surface area contributed by atoms with E-state index in [1.54, 1.807) is 12.3 Å². The van der Waals surface area contributed by atoms with Gasteiger partial charge in [0.05, 0.1) is 6.04 Å². The van der Waals surface area contributed by atoms with Gasteiger partial charge in [0.25, 0.3) is 0 Å². The molecule has 1 unspecified atom stereocenters. The van der Waals surface area contributed by atoms with Crippen molar-refractivity contribution in [1.82, 2.24) is 0 Å². The maximum atomic E-state index is 4.26. The van der Waals surface area contributed by atoms with Gasteiger partial charge in [-0.15, -0.1) is 0 Å². The Morgan fingerprint density at radius 2 is 2.00 bits per heavy atom. The van der Waals surface area contributed by atoms with Crippen LogP contribution in [-0.2, 0) is 0 Å². The van der Waals surface area contributed by atoms with Gasteiger partial charge in [-0.05, 0) is 19.8 Å². The highest BCUT2D eigenvalue weighted by atomic mass is 14.8. The molecule has 62 valence electrons. The molecule has 0 fully saturated rings. The summed E-state index contributed by atoms with van der Waals surface area (Å²) in [7, 11) is 0. The highest BCUT2D eigenvalue weighted by molar-refractivity contribution is 5.70. The molecule has 0 aromatic heterocycles. The van der Waals surface area contributed by atoms with Gasteiger partial charge in [0.15, 0.2) is 0 Å². The van der Waals surface area contributed by atoms with Gasteiger partial charge >= 0.3 is 0 Å². The minimum absolute atomic E-state index is 0.311. The first-order valence-electron chi connectivity index (χ1n) is 3.89. The SMILES string of the molecule is C=C/C=N\C(C)[C@@H](C)C(=C)C. The molecule has 0 spiro atoms. The van der Waals surface area contributed by atoms with Gasteiger partial charge < -0.3 is 0 Å². The lowest BCUT2D eigenvalue weighted by Gasteiger charge is -2.15. The van der Waals surface area contributed by atoms with Crippen LogP contribution in [0.5, 0.6) is 0 Å². The quantitative estimate of drug-likeness (QED) is 0.433. The Balaban J connectivity index is 4.01. The zero-order valence-corrected chi connectivity index (χ0v) is 7.67. The Morgan fingerprint density at radius 1 is 1.45 bits per heavy atom. The Morgan fingerprint density at radius 3 is 2.36 bits per heavy atom. The third-order valence-electron chi connectivity index (χ3n) is 1.93. The van der Waals surface area contributed by atoms with Crippen LogP contribution in [0, 0.1) is 5.92 Å². The van der Waals surface area contributed by atoms with Gasteiger partial charge in [-0.25, -0.2) is 0 Å². The van der Waals surface area contributed by atoms with Gasteiger partial charge in [-0.1, -0.05) is 31.7 Å². The lowest BCUT2D eigenvalue weighted by molar-refractivity contribution is 0.559. The van der Waals surface area contributed by atoms with Crippen molar-refractivity contribution in [3.05, 3.63) is 24.8 Å².